The Labute approximate surface area is 154 Å². The van der Waals surface area contributed by atoms with Crippen LogP contribution in [0.2, 0.25) is 5.02 Å². The normalized spacial score (nSPS) is 10.5. The van der Waals surface area contributed by atoms with E-state index in [9.17, 15) is 14.9 Å². The summed E-state index contributed by atoms with van der Waals surface area (Å²) < 4.78 is 5.56. The van der Waals surface area contributed by atoms with E-state index in [1.807, 2.05) is 24.3 Å². The Balaban J connectivity index is 1.78. The fourth-order valence-corrected chi connectivity index (χ4v) is 2.71. The number of hydrogen-bond donors (Lipinski definition) is 1. The van der Waals surface area contributed by atoms with Crippen LogP contribution in [0, 0.1) is 10.1 Å². The van der Waals surface area contributed by atoms with Crippen molar-refractivity contribution in [3.63, 3.8) is 0 Å². The summed E-state index contributed by atoms with van der Waals surface area (Å²) >= 11 is 6.09. The van der Waals surface area contributed by atoms with E-state index in [2.05, 4.69) is 12.2 Å². The first-order chi connectivity index (χ1) is 12.5. The smallest absolute Gasteiger partial charge is 0.291 e. The zero-order valence-corrected chi connectivity index (χ0v) is 14.6. The summed E-state index contributed by atoms with van der Waals surface area (Å²) in [6.45, 7) is 2.06. The number of aryl methyl sites for hydroxylation is 1. The van der Waals surface area contributed by atoms with Crippen molar-refractivity contribution in [2.45, 2.75) is 13.3 Å². The Bertz CT molecular complexity index is 964. The number of non-ortho nitro benzene ring substituents is 1. The molecule has 0 spiro atoms. The summed E-state index contributed by atoms with van der Waals surface area (Å²) in [5, 5.41) is 13.7. The third-order valence-corrected chi connectivity index (χ3v) is 4.19. The lowest BCUT2D eigenvalue weighted by Crippen LogP contribution is -2.10. The number of amides is 1. The topological polar surface area (TPSA) is 85.4 Å². The largest absolute Gasteiger partial charge is 0.451 e. The second-order valence-corrected chi connectivity index (χ2v) is 6.00. The lowest BCUT2D eigenvalue weighted by molar-refractivity contribution is -0.384. The molecule has 1 aromatic heterocycles. The Morgan fingerprint density at radius 2 is 1.88 bits per heavy atom. The number of nitrogens with zero attached hydrogens (tertiary/aromatic N) is 1. The fraction of sp³-hybridized carbons (Fsp3) is 0.105. The van der Waals surface area contributed by atoms with Gasteiger partial charge in [-0.25, -0.2) is 0 Å². The summed E-state index contributed by atoms with van der Waals surface area (Å²) in [7, 11) is 0. The molecule has 0 fully saturated rings. The van der Waals surface area contributed by atoms with Crippen molar-refractivity contribution in [2.24, 2.45) is 0 Å². The number of nitro benzene ring substituents is 1. The molecule has 0 saturated heterocycles. The van der Waals surface area contributed by atoms with Crippen molar-refractivity contribution in [1.29, 1.82) is 0 Å². The number of halogens is 1. The van der Waals surface area contributed by atoms with Crippen molar-refractivity contribution in [3.05, 3.63) is 81.1 Å². The molecule has 0 aliphatic carbocycles. The minimum absolute atomic E-state index is 0.112. The maximum absolute atomic E-state index is 12.3. The SMILES string of the molecule is CCc1ccc(NC(=O)c2ccc(-c3ccc([N+](=O)[O-])cc3Cl)o2)cc1. The van der Waals surface area contributed by atoms with Gasteiger partial charge in [-0.3, -0.25) is 14.9 Å². The van der Waals surface area contributed by atoms with Crippen molar-refractivity contribution in [3.8, 4) is 11.3 Å². The number of nitrogens with one attached hydrogen (secondary N) is 1. The fourth-order valence-electron chi connectivity index (χ4n) is 2.44. The Hall–Kier alpha value is -3.12. The molecule has 26 heavy (non-hydrogen) atoms. The molecule has 0 atom stereocenters. The molecule has 1 heterocycles. The molecule has 0 saturated carbocycles. The van der Waals surface area contributed by atoms with Gasteiger partial charge < -0.3 is 9.73 Å². The Morgan fingerprint density at radius 1 is 1.15 bits per heavy atom. The molecule has 3 aromatic rings. The number of furan rings is 1. The summed E-state index contributed by atoms with van der Waals surface area (Å²) in [6, 6.07) is 14.7. The van der Waals surface area contributed by atoms with Crippen LogP contribution in [0.5, 0.6) is 0 Å². The number of hydrogen-bond acceptors (Lipinski definition) is 4. The molecular weight excluding hydrogens is 356 g/mol. The predicted molar refractivity (Wildman–Crippen MR) is 99.6 cm³/mol. The van der Waals surface area contributed by atoms with Gasteiger partial charge in [0.25, 0.3) is 11.6 Å². The quantitative estimate of drug-likeness (QED) is 0.486. The van der Waals surface area contributed by atoms with Gasteiger partial charge in [-0.2, -0.15) is 0 Å². The third-order valence-electron chi connectivity index (χ3n) is 3.88. The molecule has 2 aromatic carbocycles. The van der Waals surface area contributed by atoms with Crippen molar-refractivity contribution in [1.82, 2.24) is 0 Å². The molecule has 0 bridgehead atoms. The van der Waals surface area contributed by atoms with Gasteiger partial charge in [0.2, 0.25) is 0 Å². The Kier molecular flexibility index (Phi) is 5.04. The molecule has 3 rings (SSSR count). The highest BCUT2D eigenvalue weighted by Gasteiger charge is 2.16. The van der Waals surface area contributed by atoms with Crippen molar-refractivity contribution in [2.75, 3.05) is 5.32 Å². The van der Waals surface area contributed by atoms with E-state index in [4.69, 9.17) is 16.0 Å². The lowest BCUT2D eigenvalue weighted by atomic mass is 10.1. The molecule has 7 heteroatoms. The van der Waals surface area contributed by atoms with Gasteiger partial charge in [-0.1, -0.05) is 30.7 Å². The second-order valence-electron chi connectivity index (χ2n) is 5.59. The molecule has 132 valence electrons. The molecular formula is C19H15ClN2O4. The van der Waals surface area contributed by atoms with E-state index in [1.165, 1.54) is 29.8 Å². The van der Waals surface area contributed by atoms with Gasteiger partial charge in [0, 0.05) is 23.4 Å². The van der Waals surface area contributed by atoms with Gasteiger partial charge in [-0.15, -0.1) is 0 Å². The van der Waals surface area contributed by atoms with Gasteiger partial charge in [0.1, 0.15) is 5.76 Å². The molecule has 1 N–H and O–H groups in total. The second kappa shape index (κ2) is 7.41. The summed E-state index contributed by atoms with van der Waals surface area (Å²) in [5.41, 5.74) is 2.21. The van der Waals surface area contributed by atoms with Crippen LogP contribution >= 0.6 is 11.6 Å². The molecule has 0 aliphatic heterocycles. The van der Waals surface area contributed by atoms with Crippen LogP contribution < -0.4 is 5.32 Å². The van der Waals surface area contributed by atoms with E-state index < -0.39 is 10.8 Å². The molecule has 1 amide bonds. The summed E-state index contributed by atoms with van der Waals surface area (Å²) in [6.07, 6.45) is 0.922. The lowest BCUT2D eigenvalue weighted by Gasteiger charge is -2.04. The number of benzene rings is 2. The third kappa shape index (κ3) is 3.75. The molecule has 0 unspecified atom stereocenters. The number of rotatable bonds is 5. The van der Waals surface area contributed by atoms with Gasteiger partial charge >= 0.3 is 0 Å². The highest BCUT2D eigenvalue weighted by Crippen LogP contribution is 2.32. The average molecular weight is 371 g/mol. The zero-order chi connectivity index (χ0) is 18.7. The summed E-state index contributed by atoms with van der Waals surface area (Å²) in [5.74, 6) is 0.0869. The van der Waals surface area contributed by atoms with E-state index in [0.29, 0.717) is 17.0 Å². The molecule has 6 nitrogen and oxygen atoms in total. The number of carbonyl (C=O) groups excluding carboxylic acids is 1. The van der Waals surface area contributed by atoms with Crippen LogP contribution in [-0.2, 0) is 6.42 Å². The number of nitro groups is 1. The standard InChI is InChI=1S/C19H15ClN2O4/c1-2-12-3-5-13(6-4-12)21-19(23)18-10-9-17(26-18)15-8-7-14(22(24)25)11-16(15)20/h3-11H,2H2,1H3,(H,21,23). The van der Waals surface area contributed by atoms with Crippen LogP contribution in [-0.4, -0.2) is 10.8 Å². The van der Waals surface area contributed by atoms with Crippen LogP contribution in [0.3, 0.4) is 0 Å². The van der Waals surface area contributed by atoms with Gasteiger partial charge in [0.05, 0.1) is 9.95 Å². The molecule has 0 aliphatic rings. The number of anilines is 1. The van der Waals surface area contributed by atoms with Crippen LogP contribution in [0.25, 0.3) is 11.3 Å². The first-order valence-corrected chi connectivity index (χ1v) is 8.30. The first kappa shape index (κ1) is 17.7. The monoisotopic (exact) mass is 370 g/mol. The van der Waals surface area contributed by atoms with Crippen LogP contribution in [0.4, 0.5) is 11.4 Å². The highest BCUT2D eigenvalue weighted by molar-refractivity contribution is 6.33. The predicted octanol–water partition coefficient (Wildman–Crippen LogP) is 5.32. The van der Waals surface area contributed by atoms with E-state index in [-0.39, 0.29) is 16.5 Å². The minimum atomic E-state index is -0.527. The maximum atomic E-state index is 12.3. The maximum Gasteiger partial charge on any atom is 0.291 e. The average Bonchev–Trinajstić information content (AvgIpc) is 3.12. The van der Waals surface area contributed by atoms with E-state index in [1.54, 1.807) is 6.07 Å². The van der Waals surface area contributed by atoms with E-state index >= 15 is 0 Å². The molecule has 0 radical (unpaired) electrons. The van der Waals surface area contributed by atoms with Crippen molar-refractivity contribution >= 4 is 28.9 Å². The van der Waals surface area contributed by atoms with Gasteiger partial charge in [0.15, 0.2) is 5.76 Å². The zero-order valence-electron chi connectivity index (χ0n) is 13.9. The summed E-state index contributed by atoms with van der Waals surface area (Å²) in [4.78, 5) is 22.6. The van der Waals surface area contributed by atoms with Crippen LogP contribution in [0.15, 0.2) is 59.0 Å². The van der Waals surface area contributed by atoms with Crippen molar-refractivity contribution < 1.29 is 14.1 Å². The number of carbonyl (C=O) groups is 1. The highest BCUT2D eigenvalue weighted by atomic mass is 35.5. The van der Waals surface area contributed by atoms with Gasteiger partial charge in [-0.05, 0) is 42.3 Å². The Morgan fingerprint density at radius 3 is 2.50 bits per heavy atom. The first-order valence-electron chi connectivity index (χ1n) is 7.92. The van der Waals surface area contributed by atoms with E-state index in [0.717, 1.165) is 6.42 Å². The van der Waals surface area contributed by atoms with Crippen LogP contribution in [0.1, 0.15) is 23.0 Å². The minimum Gasteiger partial charge on any atom is -0.451 e.